The number of alkyl halides is 3. The Labute approximate surface area is 242 Å². The molecule has 0 saturated heterocycles. The van der Waals surface area contributed by atoms with E-state index in [1.807, 2.05) is 27.7 Å². The molecule has 42 heavy (non-hydrogen) atoms. The van der Waals surface area contributed by atoms with Crippen LogP contribution in [0.5, 0.6) is 5.75 Å². The summed E-state index contributed by atoms with van der Waals surface area (Å²) >= 11 is 0. The molecule has 0 bridgehead atoms. The van der Waals surface area contributed by atoms with Crippen molar-refractivity contribution in [1.82, 2.24) is 4.98 Å². The number of pyridine rings is 1. The van der Waals surface area contributed by atoms with Gasteiger partial charge in [-0.3, -0.25) is 14.5 Å². The molecule has 0 aliphatic carbocycles. The maximum atomic E-state index is 13.4. The van der Waals surface area contributed by atoms with Gasteiger partial charge in [0.1, 0.15) is 11.7 Å². The first kappa shape index (κ1) is 30.8. The first-order valence-electron chi connectivity index (χ1n) is 12.8. The van der Waals surface area contributed by atoms with Crippen molar-refractivity contribution < 1.29 is 31.1 Å². The standard InChI is InChI=1S/C28H31F3N6O4S/c1-16-7-8-17(11-23(16)37-15-22(34-36-37)18-9-10-24(32-14-18)28(29,30)31)26(38)33-20-12-19(27(2,3)4)13-21(25(20)41-5)35-42(6,39)40/h7-14,22,35H,15H2,1-6H3,(H,33,38). The summed E-state index contributed by atoms with van der Waals surface area (Å²) in [6.45, 7) is 7.93. The van der Waals surface area contributed by atoms with Crippen molar-refractivity contribution >= 4 is 33.0 Å². The van der Waals surface area contributed by atoms with Crippen molar-refractivity contribution in [1.29, 1.82) is 0 Å². The average molecular weight is 605 g/mol. The van der Waals surface area contributed by atoms with E-state index in [2.05, 4.69) is 25.4 Å². The Hall–Kier alpha value is -4.20. The number of carbonyl (C=O) groups is 1. The number of hydrogen-bond acceptors (Lipinski definition) is 8. The molecule has 10 nitrogen and oxygen atoms in total. The van der Waals surface area contributed by atoms with Crippen molar-refractivity contribution in [3.63, 3.8) is 0 Å². The number of hydrogen-bond donors (Lipinski definition) is 2. The third-order valence-electron chi connectivity index (χ3n) is 6.56. The van der Waals surface area contributed by atoms with Crippen LogP contribution in [0.2, 0.25) is 0 Å². The van der Waals surface area contributed by atoms with E-state index in [0.29, 0.717) is 11.3 Å². The Bertz CT molecular complexity index is 1640. The number of carbonyl (C=O) groups excluding carboxylic acids is 1. The van der Waals surface area contributed by atoms with Crippen molar-refractivity contribution in [3.8, 4) is 5.75 Å². The highest BCUT2D eigenvalue weighted by Crippen LogP contribution is 2.40. The number of benzene rings is 2. The minimum Gasteiger partial charge on any atom is -0.492 e. The van der Waals surface area contributed by atoms with Gasteiger partial charge in [-0.1, -0.05) is 38.1 Å². The summed E-state index contributed by atoms with van der Waals surface area (Å²) in [7, 11) is -2.27. The first-order valence-corrected chi connectivity index (χ1v) is 14.7. The molecule has 0 radical (unpaired) electrons. The van der Waals surface area contributed by atoms with Gasteiger partial charge in [0.25, 0.3) is 5.91 Å². The molecular weight excluding hydrogens is 573 g/mol. The number of nitrogens with zero attached hydrogens (tertiary/aromatic N) is 4. The smallest absolute Gasteiger partial charge is 0.433 e. The Morgan fingerprint density at radius 3 is 2.33 bits per heavy atom. The van der Waals surface area contributed by atoms with Gasteiger partial charge in [-0.05, 0) is 59.4 Å². The molecule has 0 spiro atoms. The largest absolute Gasteiger partial charge is 0.492 e. The zero-order valence-electron chi connectivity index (χ0n) is 23.9. The maximum absolute atomic E-state index is 13.4. The molecule has 2 N–H and O–H groups in total. The van der Waals surface area contributed by atoms with E-state index < -0.39 is 33.8 Å². The highest BCUT2D eigenvalue weighted by atomic mass is 32.2. The highest BCUT2D eigenvalue weighted by Gasteiger charge is 2.33. The van der Waals surface area contributed by atoms with Crippen LogP contribution in [0.4, 0.5) is 30.2 Å². The number of anilines is 3. The molecule has 1 atom stereocenters. The number of nitrogens with one attached hydrogen (secondary N) is 2. The highest BCUT2D eigenvalue weighted by molar-refractivity contribution is 7.92. The third kappa shape index (κ3) is 6.98. The lowest BCUT2D eigenvalue weighted by Gasteiger charge is -2.24. The van der Waals surface area contributed by atoms with Crippen molar-refractivity contribution in [2.24, 2.45) is 10.3 Å². The minimum absolute atomic E-state index is 0.149. The fourth-order valence-electron chi connectivity index (χ4n) is 4.32. The zero-order chi connectivity index (χ0) is 31.0. The van der Waals surface area contributed by atoms with Crippen LogP contribution in [0.1, 0.15) is 59.6 Å². The number of ether oxygens (including phenoxy) is 1. The van der Waals surface area contributed by atoms with Crippen LogP contribution in [0, 0.1) is 6.92 Å². The molecule has 1 aliphatic rings. The second-order valence-electron chi connectivity index (χ2n) is 11.0. The average Bonchev–Trinajstić information content (AvgIpc) is 3.37. The Balaban J connectivity index is 1.60. The summed E-state index contributed by atoms with van der Waals surface area (Å²) in [6.07, 6.45) is -2.38. The molecule has 0 saturated carbocycles. The predicted molar refractivity (Wildman–Crippen MR) is 153 cm³/mol. The molecule has 1 aliphatic heterocycles. The lowest BCUT2D eigenvalue weighted by Crippen LogP contribution is -2.20. The molecule has 1 aromatic heterocycles. The van der Waals surface area contributed by atoms with Gasteiger partial charge in [0.15, 0.2) is 5.75 Å². The molecule has 224 valence electrons. The van der Waals surface area contributed by atoms with Gasteiger partial charge in [-0.2, -0.15) is 18.3 Å². The van der Waals surface area contributed by atoms with E-state index in [9.17, 15) is 26.4 Å². The summed E-state index contributed by atoms with van der Waals surface area (Å²) in [6, 6.07) is 10.1. The maximum Gasteiger partial charge on any atom is 0.433 e. The second-order valence-corrected chi connectivity index (χ2v) is 12.7. The van der Waals surface area contributed by atoms with Crippen LogP contribution in [0.3, 0.4) is 0 Å². The molecule has 3 aromatic rings. The fourth-order valence-corrected chi connectivity index (χ4v) is 4.87. The molecule has 0 fully saturated rings. The molecule has 14 heteroatoms. The predicted octanol–water partition coefficient (Wildman–Crippen LogP) is 6.27. The van der Waals surface area contributed by atoms with Crippen molar-refractivity contribution in [2.75, 3.05) is 35.0 Å². The summed E-state index contributed by atoms with van der Waals surface area (Å²) in [5.41, 5.74) is 2.00. The van der Waals surface area contributed by atoms with Gasteiger partial charge in [-0.15, -0.1) is 0 Å². The lowest BCUT2D eigenvalue weighted by molar-refractivity contribution is -0.141. The third-order valence-corrected chi connectivity index (χ3v) is 7.15. The summed E-state index contributed by atoms with van der Waals surface area (Å²) in [4.78, 5) is 16.9. The Kier molecular flexibility index (Phi) is 8.22. The van der Waals surface area contributed by atoms with Gasteiger partial charge >= 0.3 is 6.18 Å². The Morgan fingerprint density at radius 2 is 1.76 bits per heavy atom. The van der Waals surface area contributed by atoms with Crippen molar-refractivity contribution in [3.05, 3.63) is 76.6 Å². The monoisotopic (exact) mass is 604 g/mol. The van der Waals surface area contributed by atoms with Gasteiger partial charge in [0.05, 0.1) is 37.0 Å². The number of rotatable bonds is 7. The van der Waals surface area contributed by atoms with E-state index >= 15 is 0 Å². The minimum atomic E-state index is -4.54. The van der Waals surface area contributed by atoms with E-state index in [0.717, 1.165) is 29.6 Å². The van der Waals surface area contributed by atoms with Crippen LogP contribution in [0.25, 0.3) is 0 Å². The SMILES string of the molecule is COc1c(NC(=O)c2ccc(C)c(N3CC(c4ccc(C(F)(F)F)nc4)N=N3)c2)cc(C(C)(C)C)cc1NS(C)(=O)=O. The van der Waals surface area contributed by atoms with E-state index in [1.165, 1.54) is 13.2 Å². The topological polar surface area (TPSA) is 125 Å². The second kappa shape index (κ2) is 11.2. The number of amides is 1. The van der Waals surface area contributed by atoms with Gasteiger partial charge in [-0.25, -0.2) is 13.4 Å². The van der Waals surface area contributed by atoms with Crippen LogP contribution in [-0.4, -0.2) is 39.2 Å². The van der Waals surface area contributed by atoms with Crippen LogP contribution >= 0.6 is 0 Å². The van der Waals surface area contributed by atoms with Crippen LogP contribution in [0.15, 0.2) is 59.0 Å². The van der Waals surface area contributed by atoms with Gasteiger partial charge < -0.3 is 10.1 Å². The number of aryl methyl sites for hydroxylation is 1. The van der Waals surface area contributed by atoms with E-state index in [4.69, 9.17) is 4.74 Å². The zero-order valence-corrected chi connectivity index (χ0v) is 24.7. The summed E-state index contributed by atoms with van der Waals surface area (Å²) in [5, 5.41) is 12.8. The molecule has 1 amide bonds. The normalized spacial score (nSPS) is 15.5. The number of sulfonamides is 1. The van der Waals surface area contributed by atoms with Crippen LogP contribution in [-0.2, 0) is 21.6 Å². The van der Waals surface area contributed by atoms with Crippen LogP contribution < -0.4 is 19.8 Å². The molecular formula is C28H31F3N6O4S. The number of methoxy groups -OCH3 is 1. The van der Waals surface area contributed by atoms with Crippen molar-refractivity contribution in [2.45, 2.75) is 45.3 Å². The number of halogens is 3. The van der Waals surface area contributed by atoms with E-state index in [-0.39, 0.29) is 34.6 Å². The summed E-state index contributed by atoms with van der Waals surface area (Å²) < 4.78 is 70.6. The molecule has 2 aromatic carbocycles. The fraction of sp³-hybridized carbons (Fsp3) is 0.357. The molecule has 2 heterocycles. The molecule has 4 rings (SSSR count). The summed E-state index contributed by atoms with van der Waals surface area (Å²) in [5.74, 6) is -0.332. The Morgan fingerprint density at radius 1 is 1.07 bits per heavy atom. The lowest BCUT2D eigenvalue weighted by atomic mass is 9.86. The van der Waals surface area contributed by atoms with Gasteiger partial charge in [0.2, 0.25) is 10.0 Å². The molecule has 1 unspecified atom stereocenters. The van der Waals surface area contributed by atoms with E-state index in [1.54, 1.807) is 35.3 Å². The number of aromatic nitrogens is 1. The van der Waals surface area contributed by atoms with Gasteiger partial charge in [0, 0.05) is 11.8 Å². The quantitative estimate of drug-likeness (QED) is 0.328. The first-order chi connectivity index (χ1) is 19.5.